The highest BCUT2D eigenvalue weighted by molar-refractivity contribution is 5.53. The van der Waals surface area contributed by atoms with Crippen molar-refractivity contribution in [3.05, 3.63) is 11.3 Å². The van der Waals surface area contributed by atoms with E-state index in [0.717, 1.165) is 43.9 Å². The highest BCUT2D eigenvalue weighted by Gasteiger charge is 2.40. The molecule has 0 aromatic carbocycles. The van der Waals surface area contributed by atoms with Crippen LogP contribution >= 0.6 is 0 Å². The van der Waals surface area contributed by atoms with Crippen molar-refractivity contribution in [3.63, 3.8) is 0 Å². The Bertz CT molecular complexity index is 519. The number of rotatable bonds is 1. The molecule has 5 heteroatoms. The average molecular weight is 274 g/mol. The molecule has 0 bridgehead atoms. The van der Waals surface area contributed by atoms with Crippen LogP contribution in [0, 0.1) is 0 Å². The molecule has 20 heavy (non-hydrogen) atoms. The van der Waals surface area contributed by atoms with Gasteiger partial charge in [0.05, 0.1) is 17.9 Å². The predicted molar refractivity (Wildman–Crippen MR) is 77.6 cm³/mol. The van der Waals surface area contributed by atoms with Crippen molar-refractivity contribution in [2.24, 2.45) is 0 Å². The monoisotopic (exact) mass is 274 g/mol. The van der Waals surface area contributed by atoms with Gasteiger partial charge in [-0.1, -0.05) is 12.8 Å². The Hall–Kier alpha value is -1.36. The summed E-state index contributed by atoms with van der Waals surface area (Å²) in [6.07, 6.45) is 8.26. The van der Waals surface area contributed by atoms with Crippen molar-refractivity contribution >= 4 is 11.8 Å². The van der Waals surface area contributed by atoms with Crippen LogP contribution in [0.5, 0.6) is 0 Å². The van der Waals surface area contributed by atoms with E-state index in [9.17, 15) is 0 Å². The van der Waals surface area contributed by atoms with E-state index in [1.807, 2.05) is 0 Å². The molecule has 0 amide bonds. The first-order valence-electron chi connectivity index (χ1n) is 7.80. The second-order valence-corrected chi connectivity index (χ2v) is 6.38. The van der Waals surface area contributed by atoms with Crippen LogP contribution < -0.4 is 10.6 Å². The van der Waals surface area contributed by atoms with Gasteiger partial charge in [-0.3, -0.25) is 0 Å². The molecular weight excluding hydrogens is 252 g/mol. The Morgan fingerprint density at radius 1 is 1.05 bits per heavy atom. The SMILES string of the molecule is Nc1nc2c(c(N3CCCC3)n1)COC1(CCCC1)C2. The molecule has 4 rings (SSSR count). The molecule has 108 valence electrons. The molecule has 3 aliphatic rings. The molecule has 0 atom stereocenters. The lowest BCUT2D eigenvalue weighted by Gasteiger charge is -2.36. The predicted octanol–water partition coefficient (Wildman–Crippen LogP) is 2.04. The lowest BCUT2D eigenvalue weighted by molar-refractivity contribution is -0.0633. The summed E-state index contributed by atoms with van der Waals surface area (Å²) in [5.41, 5.74) is 8.30. The van der Waals surface area contributed by atoms with Crippen LogP contribution in [0.4, 0.5) is 11.8 Å². The first kappa shape index (κ1) is 12.4. The number of fused-ring (bicyclic) bond motifs is 1. The maximum Gasteiger partial charge on any atom is 0.222 e. The molecule has 1 aliphatic carbocycles. The number of nitrogen functional groups attached to an aromatic ring is 1. The zero-order valence-electron chi connectivity index (χ0n) is 11.9. The van der Waals surface area contributed by atoms with Gasteiger partial charge in [-0.25, -0.2) is 4.98 Å². The van der Waals surface area contributed by atoms with Gasteiger partial charge in [0.25, 0.3) is 0 Å². The third-order valence-electron chi connectivity index (χ3n) is 5.02. The van der Waals surface area contributed by atoms with Crippen LogP contribution in [0.2, 0.25) is 0 Å². The summed E-state index contributed by atoms with van der Waals surface area (Å²) in [4.78, 5) is 11.4. The van der Waals surface area contributed by atoms with Crippen LogP contribution in [-0.2, 0) is 17.8 Å². The number of aromatic nitrogens is 2. The van der Waals surface area contributed by atoms with E-state index in [4.69, 9.17) is 10.5 Å². The number of hydrogen-bond donors (Lipinski definition) is 1. The maximum absolute atomic E-state index is 6.25. The minimum Gasteiger partial charge on any atom is -0.370 e. The van der Waals surface area contributed by atoms with E-state index >= 15 is 0 Å². The first-order valence-corrected chi connectivity index (χ1v) is 7.80. The van der Waals surface area contributed by atoms with E-state index in [2.05, 4.69) is 14.9 Å². The number of nitrogens with zero attached hydrogens (tertiary/aromatic N) is 3. The second-order valence-electron chi connectivity index (χ2n) is 6.38. The highest BCUT2D eigenvalue weighted by atomic mass is 16.5. The van der Waals surface area contributed by atoms with Crippen LogP contribution in [0.15, 0.2) is 0 Å². The third kappa shape index (κ3) is 1.95. The fourth-order valence-electron chi connectivity index (χ4n) is 3.94. The Balaban J connectivity index is 1.71. The van der Waals surface area contributed by atoms with Gasteiger partial charge in [-0.15, -0.1) is 0 Å². The summed E-state index contributed by atoms with van der Waals surface area (Å²) in [7, 11) is 0. The minimum atomic E-state index is 0.0378. The lowest BCUT2D eigenvalue weighted by Crippen LogP contribution is -2.37. The Kier molecular flexibility index (Phi) is 2.84. The average Bonchev–Trinajstić information content (AvgIpc) is 3.09. The van der Waals surface area contributed by atoms with Crippen molar-refractivity contribution in [2.75, 3.05) is 23.7 Å². The van der Waals surface area contributed by atoms with Crippen LogP contribution in [0.3, 0.4) is 0 Å². The molecule has 1 aromatic heterocycles. The zero-order valence-corrected chi connectivity index (χ0v) is 11.9. The van der Waals surface area contributed by atoms with Crippen LogP contribution in [0.25, 0.3) is 0 Å². The topological polar surface area (TPSA) is 64.3 Å². The van der Waals surface area contributed by atoms with Crippen molar-refractivity contribution in [3.8, 4) is 0 Å². The third-order valence-corrected chi connectivity index (χ3v) is 5.02. The first-order chi connectivity index (χ1) is 9.76. The van der Waals surface area contributed by atoms with Crippen LogP contribution in [0.1, 0.15) is 49.8 Å². The summed E-state index contributed by atoms with van der Waals surface area (Å²) < 4.78 is 6.25. The van der Waals surface area contributed by atoms with Gasteiger partial charge in [0, 0.05) is 25.1 Å². The van der Waals surface area contributed by atoms with E-state index in [-0.39, 0.29) is 5.60 Å². The van der Waals surface area contributed by atoms with E-state index in [1.54, 1.807) is 0 Å². The smallest absolute Gasteiger partial charge is 0.222 e. The van der Waals surface area contributed by atoms with Crippen LogP contribution in [-0.4, -0.2) is 28.7 Å². The standard InChI is InChI=1S/C15H22N4O/c16-14-17-12-9-15(5-1-2-6-15)20-10-11(12)13(18-14)19-7-3-4-8-19/h1-10H2,(H2,16,17,18). The molecule has 2 fully saturated rings. The van der Waals surface area contributed by atoms with Gasteiger partial charge in [0.1, 0.15) is 5.82 Å². The molecule has 1 saturated carbocycles. The van der Waals surface area contributed by atoms with Crippen molar-refractivity contribution in [1.82, 2.24) is 9.97 Å². The summed E-state index contributed by atoms with van der Waals surface area (Å²) in [5.74, 6) is 1.44. The Labute approximate surface area is 119 Å². The second kappa shape index (κ2) is 4.58. The van der Waals surface area contributed by atoms with E-state index in [1.165, 1.54) is 31.2 Å². The number of nitrogens with two attached hydrogens (primary N) is 1. The zero-order chi connectivity index (χ0) is 13.6. The van der Waals surface area contributed by atoms with Gasteiger partial charge < -0.3 is 15.4 Å². The minimum absolute atomic E-state index is 0.0378. The molecule has 1 spiro atoms. The number of ether oxygens (including phenoxy) is 1. The fraction of sp³-hybridized carbons (Fsp3) is 0.733. The highest BCUT2D eigenvalue weighted by Crippen LogP contribution is 2.42. The Morgan fingerprint density at radius 3 is 2.55 bits per heavy atom. The summed E-state index contributed by atoms with van der Waals surface area (Å²) in [5, 5.41) is 0. The van der Waals surface area contributed by atoms with Crippen molar-refractivity contribution in [1.29, 1.82) is 0 Å². The van der Waals surface area contributed by atoms with E-state index < -0.39 is 0 Å². The molecule has 0 unspecified atom stereocenters. The van der Waals surface area contributed by atoms with Gasteiger partial charge in [-0.05, 0) is 25.7 Å². The van der Waals surface area contributed by atoms with Gasteiger partial charge in [0.2, 0.25) is 5.95 Å². The fourth-order valence-corrected chi connectivity index (χ4v) is 3.94. The Morgan fingerprint density at radius 2 is 1.80 bits per heavy atom. The van der Waals surface area contributed by atoms with Gasteiger partial charge in [0.15, 0.2) is 0 Å². The molecule has 2 N–H and O–H groups in total. The molecule has 5 nitrogen and oxygen atoms in total. The molecule has 2 aliphatic heterocycles. The largest absolute Gasteiger partial charge is 0.370 e. The van der Waals surface area contributed by atoms with Gasteiger partial charge in [-0.2, -0.15) is 4.98 Å². The lowest BCUT2D eigenvalue weighted by atomic mass is 9.91. The molecule has 3 heterocycles. The van der Waals surface area contributed by atoms with Gasteiger partial charge >= 0.3 is 0 Å². The number of hydrogen-bond acceptors (Lipinski definition) is 5. The summed E-state index contributed by atoms with van der Waals surface area (Å²) >= 11 is 0. The molecular formula is C15H22N4O. The molecule has 0 radical (unpaired) electrons. The number of anilines is 2. The maximum atomic E-state index is 6.25. The molecule has 1 saturated heterocycles. The van der Waals surface area contributed by atoms with Crippen molar-refractivity contribution in [2.45, 2.75) is 57.2 Å². The molecule has 1 aromatic rings. The summed E-state index contributed by atoms with van der Waals surface area (Å²) in [6.45, 7) is 2.81. The van der Waals surface area contributed by atoms with Crippen molar-refractivity contribution < 1.29 is 4.74 Å². The van der Waals surface area contributed by atoms with E-state index in [0.29, 0.717) is 12.6 Å². The summed E-state index contributed by atoms with van der Waals surface area (Å²) in [6, 6.07) is 0. The quantitative estimate of drug-likeness (QED) is 0.849. The normalized spacial score (nSPS) is 24.3.